The molecule has 0 atom stereocenters. The second kappa shape index (κ2) is 5.22. The Morgan fingerprint density at radius 1 is 1.47 bits per heavy atom. The molecule has 2 N–H and O–H groups in total. The van der Waals surface area contributed by atoms with Crippen LogP contribution in [0.4, 0.5) is 0 Å². The lowest BCUT2D eigenvalue weighted by Crippen LogP contribution is -2.04. The van der Waals surface area contributed by atoms with Crippen molar-refractivity contribution in [3.63, 3.8) is 0 Å². The summed E-state index contributed by atoms with van der Waals surface area (Å²) in [6, 6.07) is 3.65. The number of hydrogen-bond acceptors (Lipinski definition) is 3. The Labute approximate surface area is 118 Å². The lowest BCUT2D eigenvalue weighted by atomic mass is 10.1. The summed E-state index contributed by atoms with van der Waals surface area (Å²) >= 11 is 3.45. The van der Waals surface area contributed by atoms with Gasteiger partial charge in [-0.05, 0) is 33.6 Å². The number of aromatic nitrogens is 1. The number of carbonyl (C=O) groups is 1. The third-order valence-corrected chi connectivity index (χ3v) is 3.99. The van der Waals surface area contributed by atoms with Gasteiger partial charge in [0.15, 0.2) is 0 Å². The normalized spacial score (nSPS) is 10.9. The fourth-order valence-electron chi connectivity index (χ4n) is 2.31. The topological polar surface area (TPSA) is 71.7 Å². The van der Waals surface area contributed by atoms with Gasteiger partial charge < -0.3 is 19.5 Å². The number of aliphatic hydroxyl groups excluding tert-OH is 1. The second-order valence-corrected chi connectivity index (χ2v) is 4.98. The van der Waals surface area contributed by atoms with Gasteiger partial charge in [-0.25, -0.2) is 0 Å². The maximum absolute atomic E-state index is 11.0. The smallest absolute Gasteiger partial charge is 0.307 e. The molecule has 0 spiro atoms. The molecule has 1 aromatic carbocycles. The minimum Gasteiger partial charge on any atom is -0.496 e. The number of aliphatic hydroxyl groups is 1. The van der Waals surface area contributed by atoms with Gasteiger partial charge in [-0.1, -0.05) is 0 Å². The van der Waals surface area contributed by atoms with Crippen molar-refractivity contribution in [2.75, 3.05) is 7.11 Å². The van der Waals surface area contributed by atoms with Gasteiger partial charge in [0.05, 0.1) is 24.6 Å². The molecule has 19 heavy (non-hydrogen) atoms. The van der Waals surface area contributed by atoms with E-state index >= 15 is 0 Å². The first-order valence-corrected chi connectivity index (χ1v) is 6.45. The van der Waals surface area contributed by atoms with Gasteiger partial charge >= 0.3 is 5.97 Å². The van der Waals surface area contributed by atoms with Crippen molar-refractivity contribution in [1.29, 1.82) is 0 Å². The van der Waals surface area contributed by atoms with E-state index in [0.29, 0.717) is 21.5 Å². The fourth-order valence-corrected chi connectivity index (χ4v) is 3.04. The molecule has 0 radical (unpaired) electrons. The number of rotatable bonds is 4. The number of ether oxygens (including phenoxy) is 1. The molecule has 0 aliphatic heterocycles. The summed E-state index contributed by atoms with van der Waals surface area (Å²) in [6.07, 6.45) is -0.140. The van der Waals surface area contributed by atoms with Gasteiger partial charge in [-0.2, -0.15) is 0 Å². The molecule has 102 valence electrons. The van der Waals surface area contributed by atoms with Crippen LogP contribution in [0.15, 0.2) is 16.6 Å². The quantitative estimate of drug-likeness (QED) is 0.901. The molecule has 0 unspecified atom stereocenters. The summed E-state index contributed by atoms with van der Waals surface area (Å²) in [7, 11) is 3.36. The van der Waals surface area contributed by atoms with Crippen LogP contribution in [0.5, 0.6) is 5.75 Å². The molecule has 0 aliphatic carbocycles. The molecule has 6 heteroatoms. The Kier molecular flexibility index (Phi) is 3.82. The number of aryl methyl sites for hydroxylation is 1. The Morgan fingerprint density at radius 2 is 2.16 bits per heavy atom. The number of nitrogens with zero attached hydrogens (tertiary/aromatic N) is 1. The minimum atomic E-state index is -0.933. The minimum absolute atomic E-state index is 0.140. The van der Waals surface area contributed by atoms with E-state index < -0.39 is 5.97 Å². The zero-order chi connectivity index (χ0) is 14.2. The van der Waals surface area contributed by atoms with Crippen LogP contribution < -0.4 is 4.74 Å². The number of methoxy groups -OCH3 is 1. The monoisotopic (exact) mass is 327 g/mol. The average Bonchev–Trinajstić information content (AvgIpc) is 2.62. The van der Waals surface area contributed by atoms with Crippen LogP contribution in [0.2, 0.25) is 0 Å². The predicted octanol–water partition coefficient (Wildman–Crippen LogP) is 2.07. The Balaban J connectivity index is 2.84. The molecule has 0 aliphatic rings. The van der Waals surface area contributed by atoms with Crippen molar-refractivity contribution in [1.82, 2.24) is 4.57 Å². The molecule has 0 amide bonds. The van der Waals surface area contributed by atoms with Crippen LogP contribution >= 0.6 is 15.9 Å². The summed E-state index contributed by atoms with van der Waals surface area (Å²) in [4.78, 5) is 11.0. The van der Waals surface area contributed by atoms with Gasteiger partial charge in [-0.3, -0.25) is 4.79 Å². The third kappa shape index (κ3) is 2.21. The largest absolute Gasteiger partial charge is 0.496 e. The number of hydrogen-bond donors (Lipinski definition) is 2. The summed E-state index contributed by atoms with van der Waals surface area (Å²) < 4.78 is 7.74. The standard InChI is InChI=1S/C13H14BrNO4/c1-15-8-3-4-10(19-2)13(14)12(8)7(5-11(17)18)9(15)6-16/h3-4,16H,5-6H2,1-2H3,(H,17,18). The second-order valence-electron chi connectivity index (χ2n) is 4.19. The molecule has 1 aromatic heterocycles. The summed E-state index contributed by atoms with van der Waals surface area (Å²) in [6.45, 7) is -0.206. The lowest BCUT2D eigenvalue weighted by Gasteiger charge is -2.05. The third-order valence-electron chi connectivity index (χ3n) is 3.20. The van der Waals surface area contributed by atoms with E-state index in [0.717, 1.165) is 10.9 Å². The van der Waals surface area contributed by atoms with E-state index in [2.05, 4.69) is 15.9 Å². The maximum Gasteiger partial charge on any atom is 0.307 e. The molecule has 5 nitrogen and oxygen atoms in total. The Morgan fingerprint density at radius 3 is 2.68 bits per heavy atom. The molecular weight excluding hydrogens is 314 g/mol. The van der Waals surface area contributed by atoms with Gasteiger partial charge in [-0.15, -0.1) is 0 Å². The van der Waals surface area contributed by atoms with Crippen molar-refractivity contribution >= 4 is 32.8 Å². The number of carboxylic acid groups (broad SMARTS) is 1. The van der Waals surface area contributed by atoms with Gasteiger partial charge in [0.25, 0.3) is 0 Å². The van der Waals surface area contributed by atoms with E-state index in [4.69, 9.17) is 9.84 Å². The maximum atomic E-state index is 11.0. The Hall–Kier alpha value is -1.53. The molecule has 0 fully saturated rings. The fraction of sp³-hybridized carbons (Fsp3) is 0.308. The molecule has 2 aromatic rings. The zero-order valence-electron chi connectivity index (χ0n) is 10.6. The van der Waals surface area contributed by atoms with E-state index in [9.17, 15) is 9.90 Å². The predicted molar refractivity (Wildman–Crippen MR) is 74.4 cm³/mol. The molecule has 1 heterocycles. The number of fused-ring (bicyclic) bond motifs is 1. The first kappa shape index (κ1) is 13.9. The molecule has 0 saturated carbocycles. The van der Waals surface area contributed by atoms with E-state index in [1.165, 1.54) is 0 Å². The lowest BCUT2D eigenvalue weighted by molar-refractivity contribution is -0.136. The Bertz CT molecular complexity index is 648. The molecule has 0 saturated heterocycles. The van der Waals surface area contributed by atoms with E-state index in [1.807, 2.05) is 6.07 Å². The first-order chi connectivity index (χ1) is 9.01. The molecular formula is C13H14BrNO4. The van der Waals surface area contributed by atoms with Crippen LogP contribution in [0.25, 0.3) is 10.9 Å². The van der Waals surface area contributed by atoms with E-state index in [1.54, 1.807) is 24.8 Å². The highest BCUT2D eigenvalue weighted by atomic mass is 79.9. The molecule has 0 bridgehead atoms. The van der Waals surface area contributed by atoms with Crippen molar-refractivity contribution in [3.8, 4) is 5.75 Å². The highest BCUT2D eigenvalue weighted by Crippen LogP contribution is 2.38. The van der Waals surface area contributed by atoms with Crippen molar-refractivity contribution in [3.05, 3.63) is 27.9 Å². The summed E-state index contributed by atoms with van der Waals surface area (Å²) in [5.74, 6) is -0.300. The van der Waals surface area contributed by atoms with Crippen LogP contribution in [0, 0.1) is 0 Å². The van der Waals surface area contributed by atoms with Crippen LogP contribution in [0.1, 0.15) is 11.3 Å². The van der Waals surface area contributed by atoms with Gasteiger partial charge in [0, 0.05) is 23.6 Å². The average molecular weight is 328 g/mol. The van der Waals surface area contributed by atoms with E-state index in [-0.39, 0.29) is 13.0 Å². The number of carboxylic acids is 1. The molecule has 2 rings (SSSR count). The number of benzene rings is 1. The highest BCUT2D eigenvalue weighted by Gasteiger charge is 2.20. The SMILES string of the molecule is COc1ccc2c(c1Br)c(CC(=O)O)c(CO)n2C. The van der Waals surface area contributed by atoms with Crippen molar-refractivity contribution in [2.24, 2.45) is 7.05 Å². The summed E-state index contributed by atoms with van der Waals surface area (Å²) in [5, 5.41) is 19.3. The van der Waals surface area contributed by atoms with Gasteiger partial charge in [0.1, 0.15) is 5.75 Å². The van der Waals surface area contributed by atoms with Crippen LogP contribution in [-0.2, 0) is 24.9 Å². The highest BCUT2D eigenvalue weighted by molar-refractivity contribution is 9.10. The van der Waals surface area contributed by atoms with Crippen LogP contribution in [-0.4, -0.2) is 27.9 Å². The van der Waals surface area contributed by atoms with Gasteiger partial charge in [0.2, 0.25) is 0 Å². The first-order valence-electron chi connectivity index (χ1n) is 5.66. The number of aliphatic carboxylic acids is 1. The van der Waals surface area contributed by atoms with Crippen LogP contribution in [0.3, 0.4) is 0 Å². The van der Waals surface area contributed by atoms with Crippen molar-refractivity contribution < 1.29 is 19.7 Å². The van der Waals surface area contributed by atoms with Crippen molar-refractivity contribution in [2.45, 2.75) is 13.0 Å². The summed E-state index contributed by atoms with van der Waals surface area (Å²) in [5.41, 5.74) is 2.07. The number of halogens is 1. The zero-order valence-corrected chi connectivity index (χ0v) is 12.2.